The molecule has 6 heteroatoms. The first-order valence-electron chi connectivity index (χ1n) is 8.97. The van der Waals surface area contributed by atoms with Gasteiger partial charge in [0.15, 0.2) is 0 Å². The zero-order valence-electron chi connectivity index (χ0n) is 15.6. The highest BCUT2D eigenvalue weighted by Crippen LogP contribution is 2.23. The fourth-order valence-electron chi connectivity index (χ4n) is 3.36. The first-order chi connectivity index (χ1) is 13.1. The van der Waals surface area contributed by atoms with Gasteiger partial charge in [0.2, 0.25) is 5.91 Å². The Balaban J connectivity index is 1.65. The Bertz CT molecular complexity index is 804. The number of hydrogen-bond donors (Lipinski definition) is 1. The summed E-state index contributed by atoms with van der Waals surface area (Å²) >= 11 is 0. The Hall–Kier alpha value is -2.86. The maximum absolute atomic E-state index is 12.7. The van der Waals surface area contributed by atoms with Gasteiger partial charge in [-0.15, -0.1) is 0 Å². The lowest BCUT2D eigenvalue weighted by Crippen LogP contribution is -2.39. The Labute approximate surface area is 159 Å². The topological polar surface area (TPSA) is 67.9 Å². The van der Waals surface area contributed by atoms with Crippen molar-refractivity contribution in [1.29, 1.82) is 0 Å². The van der Waals surface area contributed by atoms with Crippen LogP contribution in [0.5, 0.6) is 5.75 Å². The smallest absolute Gasteiger partial charge is 0.337 e. The monoisotopic (exact) mass is 368 g/mol. The molecule has 142 valence electrons. The summed E-state index contributed by atoms with van der Waals surface area (Å²) in [5.74, 6) is 0.384. The standard InChI is InChI=1S/C21H24N2O4/c1-26-18-10-8-17(9-11-18)22-20(24)19-7-4-12-23(19)14-15-5-3-6-16(13-15)21(25)27-2/h3,5-6,8-11,13,19H,4,7,12,14H2,1-2H3,(H,22,24). The van der Waals surface area contributed by atoms with E-state index in [-0.39, 0.29) is 17.9 Å². The van der Waals surface area contributed by atoms with E-state index in [2.05, 4.69) is 10.2 Å². The van der Waals surface area contributed by atoms with Crippen molar-refractivity contribution in [2.75, 3.05) is 26.1 Å². The lowest BCUT2D eigenvalue weighted by atomic mass is 10.1. The number of ether oxygens (including phenoxy) is 2. The predicted molar refractivity (Wildman–Crippen MR) is 103 cm³/mol. The number of amides is 1. The van der Waals surface area contributed by atoms with Crippen LogP contribution >= 0.6 is 0 Å². The van der Waals surface area contributed by atoms with Crippen LogP contribution in [0.15, 0.2) is 48.5 Å². The quantitative estimate of drug-likeness (QED) is 0.794. The second-order valence-electron chi connectivity index (χ2n) is 6.54. The molecule has 1 unspecified atom stereocenters. The van der Waals surface area contributed by atoms with Gasteiger partial charge in [-0.1, -0.05) is 12.1 Å². The van der Waals surface area contributed by atoms with Crippen molar-refractivity contribution in [3.63, 3.8) is 0 Å². The molecule has 1 heterocycles. The number of esters is 1. The van der Waals surface area contributed by atoms with Crippen molar-refractivity contribution in [2.24, 2.45) is 0 Å². The SMILES string of the molecule is COC(=O)c1cccc(CN2CCCC2C(=O)Nc2ccc(OC)cc2)c1. The van der Waals surface area contributed by atoms with Gasteiger partial charge in [0.1, 0.15) is 5.75 Å². The molecule has 27 heavy (non-hydrogen) atoms. The van der Waals surface area contributed by atoms with Gasteiger partial charge < -0.3 is 14.8 Å². The van der Waals surface area contributed by atoms with Crippen molar-refractivity contribution in [1.82, 2.24) is 4.90 Å². The summed E-state index contributed by atoms with van der Waals surface area (Å²) in [7, 11) is 2.98. The van der Waals surface area contributed by atoms with Crippen LogP contribution < -0.4 is 10.1 Å². The van der Waals surface area contributed by atoms with Crippen LogP contribution in [0.3, 0.4) is 0 Å². The third-order valence-corrected chi connectivity index (χ3v) is 4.76. The minimum atomic E-state index is -0.355. The molecule has 1 aliphatic rings. The molecule has 1 saturated heterocycles. The first kappa shape index (κ1) is 18.9. The number of methoxy groups -OCH3 is 2. The summed E-state index contributed by atoms with van der Waals surface area (Å²) in [5, 5.41) is 2.98. The molecular weight excluding hydrogens is 344 g/mol. The van der Waals surface area contributed by atoms with Crippen LogP contribution in [0.1, 0.15) is 28.8 Å². The lowest BCUT2D eigenvalue weighted by molar-refractivity contribution is -0.120. The van der Waals surface area contributed by atoms with Crippen molar-refractivity contribution < 1.29 is 19.1 Å². The molecule has 1 atom stereocenters. The van der Waals surface area contributed by atoms with Crippen LogP contribution in [0.4, 0.5) is 5.69 Å². The highest BCUT2D eigenvalue weighted by molar-refractivity contribution is 5.95. The fourth-order valence-corrected chi connectivity index (χ4v) is 3.36. The van der Waals surface area contributed by atoms with Gasteiger partial charge in [0, 0.05) is 12.2 Å². The molecule has 1 aliphatic heterocycles. The van der Waals surface area contributed by atoms with Gasteiger partial charge in [0.25, 0.3) is 0 Å². The maximum Gasteiger partial charge on any atom is 0.337 e. The van der Waals surface area contributed by atoms with Crippen LogP contribution in [-0.2, 0) is 16.1 Å². The van der Waals surface area contributed by atoms with E-state index in [1.165, 1.54) is 7.11 Å². The van der Waals surface area contributed by atoms with E-state index in [1.807, 2.05) is 42.5 Å². The second kappa shape index (κ2) is 8.68. The largest absolute Gasteiger partial charge is 0.497 e. The van der Waals surface area contributed by atoms with E-state index < -0.39 is 0 Å². The number of nitrogens with zero attached hydrogens (tertiary/aromatic N) is 1. The number of carbonyl (C=O) groups is 2. The Morgan fingerprint density at radius 3 is 2.63 bits per heavy atom. The third kappa shape index (κ3) is 4.65. The molecule has 0 saturated carbocycles. The van der Waals surface area contributed by atoms with Crippen LogP contribution in [0.2, 0.25) is 0 Å². The number of carbonyl (C=O) groups excluding carboxylic acids is 2. The highest BCUT2D eigenvalue weighted by atomic mass is 16.5. The molecule has 0 bridgehead atoms. The summed E-state index contributed by atoms with van der Waals surface area (Å²) in [5.41, 5.74) is 2.26. The molecule has 1 fully saturated rings. The summed E-state index contributed by atoms with van der Waals surface area (Å²) in [6.07, 6.45) is 1.79. The summed E-state index contributed by atoms with van der Waals surface area (Å²) in [4.78, 5) is 26.6. The molecule has 6 nitrogen and oxygen atoms in total. The Morgan fingerprint density at radius 2 is 1.93 bits per heavy atom. The normalized spacial score (nSPS) is 16.7. The van der Waals surface area contributed by atoms with Crippen molar-refractivity contribution in [2.45, 2.75) is 25.4 Å². The minimum absolute atomic E-state index is 0.0122. The van der Waals surface area contributed by atoms with Crippen molar-refractivity contribution >= 4 is 17.6 Å². The number of benzene rings is 2. The third-order valence-electron chi connectivity index (χ3n) is 4.76. The molecule has 0 aliphatic carbocycles. The Morgan fingerprint density at radius 1 is 1.15 bits per heavy atom. The van der Waals surface area contributed by atoms with E-state index in [4.69, 9.17) is 9.47 Å². The summed E-state index contributed by atoms with van der Waals surface area (Å²) < 4.78 is 9.92. The molecule has 0 aromatic heterocycles. The number of nitrogens with one attached hydrogen (secondary N) is 1. The molecule has 2 aromatic carbocycles. The van der Waals surface area contributed by atoms with Crippen molar-refractivity contribution in [3.8, 4) is 5.75 Å². The maximum atomic E-state index is 12.7. The average molecular weight is 368 g/mol. The fraction of sp³-hybridized carbons (Fsp3) is 0.333. The lowest BCUT2D eigenvalue weighted by Gasteiger charge is -2.24. The zero-order valence-corrected chi connectivity index (χ0v) is 15.6. The van der Waals surface area contributed by atoms with Crippen LogP contribution in [-0.4, -0.2) is 43.6 Å². The average Bonchev–Trinajstić information content (AvgIpc) is 3.16. The van der Waals surface area contributed by atoms with E-state index in [0.717, 1.165) is 36.4 Å². The van der Waals surface area contributed by atoms with Gasteiger partial charge in [0.05, 0.1) is 25.8 Å². The van der Waals surface area contributed by atoms with Gasteiger partial charge in [-0.2, -0.15) is 0 Å². The highest BCUT2D eigenvalue weighted by Gasteiger charge is 2.30. The van der Waals surface area contributed by atoms with Crippen LogP contribution in [0.25, 0.3) is 0 Å². The Kier molecular flexibility index (Phi) is 6.08. The summed E-state index contributed by atoms with van der Waals surface area (Å²) in [6, 6.07) is 14.5. The molecular formula is C21H24N2O4. The van der Waals surface area contributed by atoms with Gasteiger partial charge >= 0.3 is 5.97 Å². The molecule has 0 radical (unpaired) electrons. The predicted octanol–water partition coefficient (Wildman–Crippen LogP) is 3.08. The number of likely N-dealkylation sites (tertiary alicyclic amines) is 1. The van der Waals surface area contributed by atoms with Gasteiger partial charge in [-0.25, -0.2) is 4.79 Å². The number of anilines is 1. The van der Waals surface area contributed by atoms with Crippen LogP contribution in [0, 0.1) is 0 Å². The second-order valence-corrected chi connectivity index (χ2v) is 6.54. The minimum Gasteiger partial charge on any atom is -0.497 e. The van der Waals surface area contributed by atoms with E-state index in [9.17, 15) is 9.59 Å². The number of hydrogen-bond acceptors (Lipinski definition) is 5. The number of rotatable bonds is 6. The van der Waals surface area contributed by atoms with Gasteiger partial charge in [-0.05, 0) is 61.3 Å². The molecule has 3 rings (SSSR count). The molecule has 0 spiro atoms. The van der Waals surface area contributed by atoms with E-state index >= 15 is 0 Å². The molecule has 2 aromatic rings. The first-order valence-corrected chi connectivity index (χ1v) is 8.97. The van der Waals surface area contributed by atoms with Gasteiger partial charge in [-0.3, -0.25) is 9.69 Å². The van der Waals surface area contributed by atoms with E-state index in [1.54, 1.807) is 13.2 Å². The molecule has 1 amide bonds. The van der Waals surface area contributed by atoms with Crippen molar-refractivity contribution in [3.05, 3.63) is 59.7 Å². The summed E-state index contributed by atoms with van der Waals surface area (Å²) in [6.45, 7) is 1.47. The zero-order chi connectivity index (χ0) is 19.2. The van der Waals surface area contributed by atoms with E-state index in [0.29, 0.717) is 12.1 Å². The molecule has 1 N–H and O–H groups in total.